The number of rotatable bonds is 4. The molecule has 1 aromatic heterocycles. The zero-order valence-electron chi connectivity index (χ0n) is 9.21. The molecule has 0 bridgehead atoms. The van der Waals surface area contributed by atoms with Crippen molar-refractivity contribution >= 4 is 5.91 Å². The second kappa shape index (κ2) is 5.11. The van der Waals surface area contributed by atoms with Crippen LogP contribution in [0, 0.1) is 0 Å². The highest BCUT2D eigenvalue weighted by atomic mass is 16.5. The van der Waals surface area contributed by atoms with E-state index in [1.807, 2.05) is 0 Å². The average Bonchev–Trinajstić information content (AvgIpc) is 2.90. The van der Waals surface area contributed by atoms with Crippen LogP contribution in [0.3, 0.4) is 0 Å². The third-order valence-electron chi connectivity index (χ3n) is 2.11. The molecule has 2 rings (SSSR count). The van der Waals surface area contributed by atoms with Crippen molar-refractivity contribution in [3.05, 3.63) is 30.7 Å². The van der Waals surface area contributed by atoms with Crippen LogP contribution < -0.4 is 10.1 Å². The minimum absolute atomic E-state index is 0.00357. The Hall–Kier alpha value is -2.37. The molecule has 0 spiro atoms. The Morgan fingerprint density at radius 3 is 2.76 bits per heavy atom. The summed E-state index contributed by atoms with van der Waals surface area (Å²) in [5, 5.41) is 9.84. The van der Waals surface area contributed by atoms with Crippen molar-refractivity contribution in [2.24, 2.45) is 0 Å². The van der Waals surface area contributed by atoms with Gasteiger partial charge < -0.3 is 14.5 Å². The van der Waals surface area contributed by atoms with E-state index in [4.69, 9.17) is 9.15 Å². The maximum absolute atomic E-state index is 11.0. The Labute approximate surface area is 97.6 Å². The second-order valence-corrected chi connectivity index (χ2v) is 3.23. The van der Waals surface area contributed by atoms with E-state index in [0.717, 1.165) is 5.56 Å². The summed E-state index contributed by atoms with van der Waals surface area (Å²) in [6.07, 6.45) is 1.27. The van der Waals surface area contributed by atoms with Gasteiger partial charge in [-0.2, -0.15) is 0 Å². The number of benzene rings is 1. The van der Waals surface area contributed by atoms with E-state index in [1.54, 1.807) is 31.3 Å². The van der Waals surface area contributed by atoms with Gasteiger partial charge in [-0.25, -0.2) is 0 Å². The van der Waals surface area contributed by atoms with Crippen molar-refractivity contribution in [2.75, 3.05) is 13.7 Å². The van der Waals surface area contributed by atoms with Crippen molar-refractivity contribution in [1.82, 2.24) is 15.5 Å². The highest BCUT2D eigenvalue weighted by Crippen LogP contribution is 2.19. The minimum atomic E-state index is -0.175. The van der Waals surface area contributed by atoms with Gasteiger partial charge in [-0.1, -0.05) is 0 Å². The fourth-order valence-corrected chi connectivity index (χ4v) is 1.21. The van der Waals surface area contributed by atoms with Gasteiger partial charge in [0.15, 0.2) is 6.61 Å². The summed E-state index contributed by atoms with van der Waals surface area (Å²) in [4.78, 5) is 11.0. The SMILES string of the molecule is CNC(=O)COc1ccc(-c2nnco2)cc1. The molecule has 88 valence electrons. The monoisotopic (exact) mass is 233 g/mol. The number of amides is 1. The Morgan fingerprint density at radius 2 is 2.18 bits per heavy atom. The van der Waals surface area contributed by atoms with Gasteiger partial charge in [0.1, 0.15) is 5.75 Å². The van der Waals surface area contributed by atoms with Gasteiger partial charge >= 0.3 is 0 Å². The van der Waals surface area contributed by atoms with Crippen LogP contribution in [0.25, 0.3) is 11.5 Å². The van der Waals surface area contributed by atoms with Crippen molar-refractivity contribution in [1.29, 1.82) is 0 Å². The second-order valence-electron chi connectivity index (χ2n) is 3.23. The lowest BCUT2D eigenvalue weighted by Gasteiger charge is -2.04. The van der Waals surface area contributed by atoms with Crippen LogP contribution in [0.4, 0.5) is 0 Å². The quantitative estimate of drug-likeness (QED) is 0.847. The molecule has 0 aliphatic carbocycles. The molecule has 0 saturated carbocycles. The molecule has 1 amide bonds. The molecule has 0 unspecified atom stereocenters. The summed E-state index contributed by atoms with van der Waals surface area (Å²) in [6, 6.07) is 7.05. The first kappa shape index (κ1) is 11.1. The lowest BCUT2D eigenvalue weighted by Crippen LogP contribution is -2.24. The molecule has 6 nitrogen and oxygen atoms in total. The largest absolute Gasteiger partial charge is 0.484 e. The predicted octanol–water partition coefficient (Wildman–Crippen LogP) is 0.861. The molecular formula is C11H11N3O3. The zero-order valence-corrected chi connectivity index (χ0v) is 9.21. The van der Waals surface area contributed by atoms with Crippen LogP contribution in [0.15, 0.2) is 35.1 Å². The molecule has 0 fully saturated rings. The van der Waals surface area contributed by atoms with Gasteiger partial charge in [-0.05, 0) is 24.3 Å². The fourth-order valence-electron chi connectivity index (χ4n) is 1.21. The van der Waals surface area contributed by atoms with E-state index >= 15 is 0 Å². The summed E-state index contributed by atoms with van der Waals surface area (Å²) >= 11 is 0. The van der Waals surface area contributed by atoms with E-state index in [1.165, 1.54) is 6.39 Å². The predicted molar refractivity (Wildman–Crippen MR) is 59.3 cm³/mol. The van der Waals surface area contributed by atoms with Crippen LogP contribution in [0.5, 0.6) is 5.75 Å². The topological polar surface area (TPSA) is 77.2 Å². The minimum Gasteiger partial charge on any atom is -0.484 e. The number of hydrogen-bond acceptors (Lipinski definition) is 5. The van der Waals surface area contributed by atoms with Crippen molar-refractivity contribution in [2.45, 2.75) is 0 Å². The summed E-state index contributed by atoms with van der Waals surface area (Å²) < 4.78 is 10.3. The molecule has 2 aromatic rings. The number of nitrogens with zero attached hydrogens (tertiary/aromatic N) is 2. The van der Waals surface area contributed by atoms with Crippen LogP contribution >= 0.6 is 0 Å². The molecule has 0 aliphatic heterocycles. The lowest BCUT2D eigenvalue weighted by molar-refractivity contribution is -0.122. The molecule has 0 radical (unpaired) electrons. The third-order valence-corrected chi connectivity index (χ3v) is 2.11. The first-order valence-corrected chi connectivity index (χ1v) is 4.99. The Balaban J connectivity index is 2.01. The molecule has 0 aliphatic rings. The Morgan fingerprint density at radius 1 is 1.41 bits per heavy atom. The summed E-state index contributed by atoms with van der Waals surface area (Å²) in [5.74, 6) is 0.880. The van der Waals surface area contributed by atoms with E-state index < -0.39 is 0 Å². The van der Waals surface area contributed by atoms with E-state index in [9.17, 15) is 4.79 Å². The molecule has 0 atom stereocenters. The van der Waals surface area contributed by atoms with Gasteiger partial charge in [0.2, 0.25) is 12.3 Å². The summed E-state index contributed by atoms with van der Waals surface area (Å²) in [6.45, 7) is -0.00357. The summed E-state index contributed by atoms with van der Waals surface area (Å²) in [5.41, 5.74) is 0.801. The maximum Gasteiger partial charge on any atom is 0.257 e. The number of likely N-dealkylation sites (N-methyl/N-ethyl adjacent to an activating group) is 1. The molecule has 1 N–H and O–H groups in total. The summed E-state index contributed by atoms with van der Waals surface area (Å²) in [7, 11) is 1.56. The highest BCUT2D eigenvalue weighted by molar-refractivity contribution is 5.77. The highest BCUT2D eigenvalue weighted by Gasteiger charge is 2.04. The van der Waals surface area contributed by atoms with Gasteiger partial charge in [0.05, 0.1) is 0 Å². The number of carbonyl (C=O) groups excluding carboxylic acids is 1. The van der Waals surface area contributed by atoms with Gasteiger partial charge in [0, 0.05) is 12.6 Å². The number of carbonyl (C=O) groups is 1. The first-order chi connectivity index (χ1) is 8.29. The number of aromatic nitrogens is 2. The Kier molecular flexibility index (Phi) is 3.34. The van der Waals surface area contributed by atoms with Gasteiger partial charge in [-0.3, -0.25) is 4.79 Å². The Bertz CT molecular complexity index is 479. The van der Waals surface area contributed by atoms with E-state index in [0.29, 0.717) is 11.6 Å². The number of ether oxygens (including phenoxy) is 1. The normalized spacial score (nSPS) is 9.94. The molecule has 1 aromatic carbocycles. The maximum atomic E-state index is 11.0. The van der Waals surface area contributed by atoms with Gasteiger partial charge in [0.25, 0.3) is 5.91 Å². The molecule has 0 saturated heterocycles. The first-order valence-electron chi connectivity index (χ1n) is 4.99. The molecular weight excluding hydrogens is 222 g/mol. The number of hydrogen-bond donors (Lipinski definition) is 1. The van der Waals surface area contributed by atoms with E-state index in [-0.39, 0.29) is 12.5 Å². The lowest BCUT2D eigenvalue weighted by atomic mass is 10.2. The number of nitrogens with one attached hydrogen (secondary N) is 1. The third kappa shape index (κ3) is 2.81. The van der Waals surface area contributed by atoms with Crippen molar-refractivity contribution in [3.63, 3.8) is 0 Å². The molecule has 6 heteroatoms. The molecule has 17 heavy (non-hydrogen) atoms. The zero-order chi connectivity index (χ0) is 12.1. The van der Waals surface area contributed by atoms with Gasteiger partial charge in [-0.15, -0.1) is 10.2 Å². The van der Waals surface area contributed by atoms with Crippen LogP contribution in [0.2, 0.25) is 0 Å². The van der Waals surface area contributed by atoms with Crippen LogP contribution in [-0.2, 0) is 4.79 Å². The van der Waals surface area contributed by atoms with E-state index in [2.05, 4.69) is 15.5 Å². The smallest absolute Gasteiger partial charge is 0.257 e. The molecule has 1 heterocycles. The standard InChI is InChI=1S/C11H11N3O3/c1-12-10(15)6-16-9-4-2-8(3-5-9)11-14-13-7-17-11/h2-5,7H,6H2,1H3,(H,12,15). The van der Waals surface area contributed by atoms with Crippen LogP contribution in [0.1, 0.15) is 0 Å². The fraction of sp³-hybridized carbons (Fsp3) is 0.182. The average molecular weight is 233 g/mol. The van der Waals surface area contributed by atoms with Crippen molar-refractivity contribution < 1.29 is 13.9 Å². The van der Waals surface area contributed by atoms with Crippen LogP contribution in [-0.4, -0.2) is 29.8 Å². The van der Waals surface area contributed by atoms with Crippen molar-refractivity contribution in [3.8, 4) is 17.2 Å².